The molecule has 1 aliphatic rings. The fourth-order valence-corrected chi connectivity index (χ4v) is 2.10. The van der Waals surface area contributed by atoms with Crippen molar-refractivity contribution < 1.29 is 19.4 Å². The Balaban J connectivity index is 2.72. The SMILES string of the molecule is COC1CC(C(=O)O)N(C(=O)C(C)CCN)C1. The van der Waals surface area contributed by atoms with Crippen molar-refractivity contribution in [2.24, 2.45) is 11.7 Å². The number of hydrogen-bond acceptors (Lipinski definition) is 4. The summed E-state index contributed by atoms with van der Waals surface area (Å²) in [6.45, 7) is 2.54. The van der Waals surface area contributed by atoms with Gasteiger partial charge in [0.15, 0.2) is 0 Å². The topological polar surface area (TPSA) is 92.9 Å². The van der Waals surface area contributed by atoms with Gasteiger partial charge in [-0.3, -0.25) is 4.79 Å². The van der Waals surface area contributed by atoms with E-state index in [0.29, 0.717) is 25.9 Å². The van der Waals surface area contributed by atoms with E-state index < -0.39 is 12.0 Å². The van der Waals surface area contributed by atoms with Crippen LogP contribution in [0, 0.1) is 5.92 Å². The third-order valence-corrected chi connectivity index (χ3v) is 3.19. The van der Waals surface area contributed by atoms with Crippen molar-refractivity contribution in [3.05, 3.63) is 0 Å². The summed E-state index contributed by atoms with van der Waals surface area (Å²) in [5, 5.41) is 9.08. The van der Waals surface area contributed by atoms with Crippen LogP contribution in [0.1, 0.15) is 19.8 Å². The molecule has 3 atom stereocenters. The van der Waals surface area contributed by atoms with Crippen LogP contribution in [0.2, 0.25) is 0 Å². The standard InChI is InChI=1S/C11H20N2O4/c1-7(3-4-12)10(14)13-6-8(17-2)5-9(13)11(15)16/h7-9H,3-6,12H2,1-2H3,(H,15,16). The summed E-state index contributed by atoms with van der Waals surface area (Å²) >= 11 is 0. The molecule has 1 fully saturated rings. The summed E-state index contributed by atoms with van der Waals surface area (Å²) in [6.07, 6.45) is 0.733. The molecule has 0 radical (unpaired) electrons. The lowest BCUT2D eigenvalue weighted by molar-refractivity contribution is -0.149. The summed E-state index contributed by atoms with van der Waals surface area (Å²) in [4.78, 5) is 24.5. The van der Waals surface area contributed by atoms with E-state index >= 15 is 0 Å². The number of nitrogens with zero attached hydrogens (tertiary/aromatic N) is 1. The minimum absolute atomic E-state index is 0.151. The molecule has 1 amide bonds. The Kier molecular flexibility index (Phi) is 4.89. The van der Waals surface area contributed by atoms with Crippen LogP contribution >= 0.6 is 0 Å². The number of rotatable bonds is 5. The Hall–Kier alpha value is -1.14. The zero-order valence-electron chi connectivity index (χ0n) is 10.3. The Bertz CT molecular complexity index is 295. The van der Waals surface area contributed by atoms with Crippen molar-refractivity contribution in [3.63, 3.8) is 0 Å². The zero-order chi connectivity index (χ0) is 13.0. The van der Waals surface area contributed by atoms with Gasteiger partial charge in [-0.15, -0.1) is 0 Å². The van der Waals surface area contributed by atoms with Gasteiger partial charge in [-0.1, -0.05) is 6.92 Å². The van der Waals surface area contributed by atoms with Crippen LogP contribution in [0.25, 0.3) is 0 Å². The van der Waals surface area contributed by atoms with E-state index in [1.807, 2.05) is 0 Å². The molecule has 0 aromatic heterocycles. The third kappa shape index (κ3) is 3.17. The van der Waals surface area contributed by atoms with E-state index in [9.17, 15) is 9.59 Å². The van der Waals surface area contributed by atoms with Crippen molar-refractivity contribution in [2.75, 3.05) is 20.2 Å². The van der Waals surface area contributed by atoms with Crippen molar-refractivity contribution in [3.8, 4) is 0 Å². The molecule has 1 heterocycles. The summed E-state index contributed by atoms with van der Waals surface area (Å²) in [7, 11) is 1.53. The predicted molar refractivity (Wildman–Crippen MR) is 61.4 cm³/mol. The van der Waals surface area contributed by atoms with E-state index in [2.05, 4.69) is 0 Å². The second kappa shape index (κ2) is 5.97. The highest BCUT2D eigenvalue weighted by atomic mass is 16.5. The highest BCUT2D eigenvalue weighted by molar-refractivity contribution is 5.85. The molecular weight excluding hydrogens is 224 g/mol. The number of ether oxygens (including phenoxy) is 1. The number of likely N-dealkylation sites (tertiary alicyclic amines) is 1. The van der Waals surface area contributed by atoms with E-state index in [4.69, 9.17) is 15.6 Å². The molecule has 0 spiro atoms. The summed E-state index contributed by atoms with van der Waals surface area (Å²) < 4.78 is 5.13. The Morgan fingerprint density at radius 1 is 1.59 bits per heavy atom. The fraction of sp³-hybridized carbons (Fsp3) is 0.818. The maximum Gasteiger partial charge on any atom is 0.326 e. The fourth-order valence-electron chi connectivity index (χ4n) is 2.10. The Morgan fingerprint density at radius 3 is 2.71 bits per heavy atom. The van der Waals surface area contributed by atoms with E-state index in [0.717, 1.165) is 0 Å². The first-order valence-corrected chi connectivity index (χ1v) is 5.77. The molecule has 0 aliphatic carbocycles. The molecule has 3 N–H and O–H groups in total. The molecule has 98 valence electrons. The molecule has 1 rings (SSSR count). The van der Waals surface area contributed by atoms with Gasteiger partial charge in [0.25, 0.3) is 0 Å². The summed E-state index contributed by atoms with van der Waals surface area (Å²) in [5.41, 5.74) is 5.40. The van der Waals surface area contributed by atoms with Crippen molar-refractivity contribution in [1.82, 2.24) is 4.90 Å². The molecule has 0 aromatic carbocycles. The Morgan fingerprint density at radius 2 is 2.24 bits per heavy atom. The van der Waals surface area contributed by atoms with Crippen LogP contribution < -0.4 is 5.73 Å². The molecule has 6 heteroatoms. The van der Waals surface area contributed by atoms with Crippen molar-refractivity contribution in [1.29, 1.82) is 0 Å². The molecule has 0 aromatic rings. The number of carbonyl (C=O) groups excluding carboxylic acids is 1. The number of carbonyl (C=O) groups is 2. The smallest absolute Gasteiger partial charge is 0.326 e. The normalized spacial score (nSPS) is 25.9. The molecule has 17 heavy (non-hydrogen) atoms. The summed E-state index contributed by atoms with van der Waals surface area (Å²) in [6, 6.07) is -0.771. The van der Waals surface area contributed by atoms with Crippen LogP contribution in [0.4, 0.5) is 0 Å². The second-order valence-electron chi connectivity index (χ2n) is 4.42. The van der Waals surface area contributed by atoms with Gasteiger partial charge >= 0.3 is 5.97 Å². The van der Waals surface area contributed by atoms with Gasteiger partial charge in [-0.25, -0.2) is 4.79 Å². The van der Waals surface area contributed by atoms with Gasteiger partial charge < -0.3 is 20.5 Å². The van der Waals surface area contributed by atoms with Crippen LogP contribution in [-0.2, 0) is 14.3 Å². The van der Waals surface area contributed by atoms with Gasteiger partial charge in [0.2, 0.25) is 5.91 Å². The minimum Gasteiger partial charge on any atom is -0.480 e. The van der Waals surface area contributed by atoms with Crippen LogP contribution in [0.15, 0.2) is 0 Å². The van der Waals surface area contributed by atoms with Gasteiger partial charge in [0, 0.05) is 26.0 Å². The maximum absolute atomic E-state index is 12.1. The maximum atomic E-state index is 12.1. The lowest BCUT2D eigenvalue weighted by atomic mass is 10.1. The second-order valence-corrected chi connectivity index (χ2v) is 4.42. The number of carboxylic acid groups (broad SMARTS) is 1. The number of carboxylic acids is 1. The number of nitrogens with two attached hydrogens (primary N) is 1. The number of amides is 1. The lowest BCUT2D eigenvalue weighted by Crippen LogP contribution is -2.43. The number of methoxy groups -OCH3 is 1. The Labute approximate surface area is 101 Å². The van der Waals surface area contributed by atoms with Crippen LogP contribution in [0.5, 0.6) is 0 Å². The molecular formula is C11H20N2O4. The monoisotopic (exact) mass is 244 g/mol. The quantitative estimate of drug-likeness (QED) is 0.691. The average Bonchev–Trinajstić information content (AvgIpc) is 2.72. The van der Waals surface area contributed by atoms with Gasteiger partial charge in [0.1, 0.15) is 6.04 Å². The first kappa shape index (κ1) is 13.9. The largest absolute Gasteiger partial charge is 0.480 e. The highest BCUT2D eigenvalue weighted by Crippen LogP contribution is 2.23. The predicted octanol–water partition coefficient (Wildman–Crippen LogP) is -0.328. The van der Waals surface area contributed by atoms with Gasteiger partial charge in [-0.05, 0) is 13.0 Å². The van der Waals surface area contributed by atoms with E-state index in [-0.39, 0.29) is 17.9 Å². The minimum atomic E-state index is -0.974. The third-order valence-electron chi connectivity index (χ3n) is 3.19. The molecule has 0 saturated carbocycles. The highest BCUT2D eigenvalue weighted by Gasteiger charge is 2.40. The average molecular weight is 244 g/mol. The van der Waals surface area contributed by atoms with Crippen LogP contribution in [0.3, 0.4) is 0 Å². The molecule has 0 bridgehead atoms. The first-order valence-electron chi connectivity index (χ1n) is 5.77. The van der Waals surface area contributed by atoms with Crippen molar-refractivity contribution in [2.45, 2.75) is 31.9 Å². The molecule has 3 unspecified atom stereocenters. The number of hydrogen-bond donors (Lipinski definition) is 2. The van der Waals surface area contributed by atoms with Gasteiger partial charge in [0.05, 0.1) is 6.10 Å². The molecule has 1 aliphatic heterocycles. The first-order chi connectivity index (χ1) is 8.01. The molecule has 6 nitrogen and oxygen atoms in total. The van der Waals surface area contributed by atoms with Crippen LogP contribution in [-0.4, -0.2) is 54.2 Å². The van der Waals surface area contributed by atoms with Gasteiger partial charge in [-0.2, -0.15) is 0 Å². The van der Waals surface area contributed by atoms with Crippen molar-refractivity contribution >= 4 is 11.9 Å². The summed E-state index contributed by atoms with van der Waals surface area (Å²) in [5.74, 6) is -1.36. The lowest BCUT2D eigenvalue weighted by Gasteiger charge is -2.24. The number of aliphatic carboxylic acids is 1. The zero-order valence-corrected chi connectivity index (χ0v) is 10.3. The van der Waals surface area contributed by atoms with E-state index in [1.165, 1.54) is 12.0 Å². The van der Waals surface area contributed by atoms with E-state index in [1.54, 1.807) is 6.92 Å². The molecule has 1 saturated heterocycles.